The molecule has 3 heterocycles. The number of nitrogens with one attached hydrogen (secondary N) is 1. The maximum absolute atomic E-state index is 14.1. The summed E-state index contributed by atoms with van der Waals surface area (Å²) in [4.78, 5) is 13.2. The molecule has 0 aliphatic carbocycles. The first-order chi connectivity index (χ1) is 17.5. The summed E-state index contributed by atoms with van der Waals surface area (Å²) >= 11 is 0. The van der Waals surface area contributed by atoms with Gasteiger partial charge in [0.05, 0.1) is 36.1 Å². The molecule has 1 aromatic heterocycles. The number of alkyl halides is 3. The predicted molar refractivity (Wildman–Crippen MR) is 139 cm³/mol. The van der Waals surface area contributed by atoms with E-state index in [2.05, 4.69) is 5.32 Å². The van der Waals surface area contributed by atoms with Crippen LogP contribution >= 0.6 is 0 Å². The molecule has 210 valence electrons. The number of amides is 1. The molecule has 7 nitrogen and oxygen atoms in total. The highest BCUT2D eigenvalue weighted by atomic mass is 32.2. The van der Waals surface area contributed by atoms with Crippen molar-refractivity contribution in [2.45, 2.75) is 65.6 Å². The molecule has 0 bridgehead atoms. The lowest BCUT2D eigenvalue weighted by atomic mass is 9.84. The van der Waals surface area contributed by atoms with Crippen LogP contribution in [0.2, 0.25) is 0 Å². The normalized spacial score (nSPS) is 21.8. The fraction of sp³-hybridized carbons (Fsp3) is 0.593. The maximum atomic E-state index is 14.1. The van der Waals surface area contributed by atoms with Gasteiger partial charge in [-0.15, -0.1) is 0 Å². The number of halogens is 3. The SMILES string of the molecule is Cc1c(C(=O)NC2COC2)cc(-c2cc(C(C)(C)C)cc(C(F)(F)F)c2)n1S(=O)(=O)N1CC(C)CC(C)C1. The standard InChI is InChI=1S/C27H36F3N3O4S/c1-16-7-17(2)13-32(12-16)38(35,36)33-18(3)23(25(34)31-22-14-37-15-22)11-24(33)19-8-20(26(4,5)6)10-21(9-19)27(28,29)30/h8-11,16-17,22H,7,12-15H2,1-6H3,(H,31,34). The predicted octanol–water partition coefficient (Wildman–Crippen LogP) is 4.98. The Bertz CT molecular complexity index is 1280. The highest BCUT2D eigenvalue weighted by Crippen LogP contribution is 2.39. The zero-order valence-electron chi connectivity index (χ0n) is 22.6. The Morgan fingerprint density at radius 2 is 1.58 bits per heavy atom. The monoisotopic (exact) mass is 555 g/mol. The molecule has 0 radical (unpaired) electrons. The highest BCUT2D eigenvalue weighted by molar-refractivity contribution is 7.87. The van der Waals surface area contributed by atoms with E-state index < -0.39 is 33.3 Å². The van der Waals surface area contributed by atoms with Gasteiger partial charge in [0.15, 0.2) is 0 Å². The van der Waals surface area contributed by atoms with Gasteiger partial charge in [-0.05, 0) is 60.4 Å². The first kappa shape index (κ1) is 28.6. The van der Waals surface area contributed by atoms with Gasteiger partial charge in [-0.1, -0.05) is 34.6 Å². The summed E-state index contributed by atoms with van der Waals surface area (Å²) < 4.78 is 77.6. The Hall–Kier alpha value is -2.37. The minimum Gasteiger partial charge on any atom is -0.377 e. The molecule has 1 amide bonds. The number of benzene rings is 1. The van der Waals surface area contributed by atoms with Crippen molar-refractivity contribution in [2.24, 2.45) is 11.8 Å². The molecule has 2 atom stereocenters. The van der Waals surface area contributed by atoms with E-state index in [1.165, 1.54) is 17.3 Å². The largest absolute Gasteiger partial charge is 0.416 e. The lowest BCUT2D eigenvalue weighted by Gasteiger charge is -2.35. The third kappa shape index (κ3) is 5.65. The van der Waals surface area contributed by atoms with Crippen molar-refractivity contribution in [3.63, 3.8) is 0 Å². The zero-order chi connectivity index (χ0) is 28.2. The van der Waals surface area contributed by atoms with Crippen LogP contribution in [0.4, 0.5) is 13.2 Å². The second kappa shape index (κ2) is 9.98. The molecule has 2 aliphatic heterocycles. The second-order valence-corrected chi connectivity index (χ2v) is 13.6. The van der Waals surface area contributed by atoms with Gasteiger partial charge >= 0.3 is 16.4 Å². The van der Waals surface area contributed by atoms with E-state index in [-0.39, 0.29) is 40.4 Å². The number of rotatable bonds is 5. The second-order valence-electron chi connectivity index (χ2n) is 11.8. The van der Waals surface area contributed by atoms with Crippen LogP contribution in [0.15, 0.2) is 24.3 Å². The summed E-state index contributed by atoms with van der Waals surface area (Å²) in [6.07, 6.45) is -3.76. The molecule has 1 N–H and O–H groups in total. The third-order valence-corrected chi connectivity index (χ3v) is 9.11. The van der Waals surface area contributed by atoms with E-state index in [9.17, 15) is 26.4 Å². The van der Waals surface area contributed by atoms with Gasteiger partial charge in [0.2, 0.25) is 0 Å². The Kier molecular flexibility index (Phi) is 7.52. The lowest BCUT2D eigenvalue weighted by molar-refractivity contribution is -0.137. The van der Waals surface area contributed by atoms with Crippen LogP contribution in [0.25, 0.3) is 11.3 Å². The quantitative estimate of drug-likeness (QED) is 0.565. The van der Waals surface area contributed by atoms with Gasteiger partial charge in [-0.3, -0.25) is 4.79 Å². The average Bonchev–Trinajstić information content (AvgIpc) is 3.12. The molecule has 2 saturated heterocycles. The molecule has 2 aromatic rings. The van der Waals surface area contributed by atoms with Gasteiger partial charge in [-0.25, -0.2) is 3.97 Å². The Morgan fingerprint density at radius 1 is 1.00 bits per heavy atom. The Morgan fingerprint density at radius 3 is 2.08 bits per heavy atom. The van der Waals surface area contributed by atoms with Crippen molar-refractivity contribution in [2.75, 3.05) is 26.3 Å². The fourth-order valence-electron chi connectivity index (χ4n) is 5.18. The van der Waals surface area contributed by atoms with Gasteiger partial charge in [-0.2, -0.15) is 25.9 Å². The number of aromatic nitrogens is 1. The number of hydrogen-bond acceptors (Lipinski definition) is 4. The summed E-state index contributed by atoms with van der Waals surface area (Å²) in [7, 11) is -4.20. The molecule has 2 aliphatic rings. The van der Waals surface area contributed by atoms with Crippen molar-refractivity contribution >= 4 is 16.1 Å². The number of nitrogens with zero attached hydrogens (tertiary/aromatic N) is 2. The lowest BCUT2D eigenvalue weighted by Crippen LogP contribution is -2.48. The fourth-order valence-corrected chi connectivity index (χ4v) is 7.15. The van der Waals surface area contributed by atoms with Gasteiger partial charge in [0.25, 0.3) is 5.91 Å². The summed E-state index contributed by atoms with van der Waals surface area (Å²) in [5.41, 5.74) is -0.741. The van der Waals surface area contributed by atoms with E-state index in [1.807, 2.05) is 13.8 Å². The van der Waals surface area contributed by atoms with Crippen LogP contribution in [0.1, 0.15) is 68.2 Å². The number of hydrogen-bond donors (Lipinski definition) is 1. The molecule has 0 spiro atoms. The minimum atomic E-state index is -4.64. The first-order valence-electron chi connectivity index (χ1n) is 12.8. The number of carbonyl (C=O) groups is 1. The van der Waals surface area contributed by atoms with Crippen molar-refractivity contribution in [3.05, 3.63) is 46.6 Å². The number of carbonyl (C=O) groups excluding carboxylic acids is 1. The maximum Gasteiger partial charge on any atom is 0.416 e. The minimum absolute atomic E-state index is 0.0278. The van der Waals surface area contributed by atoms with Crippen LogP contribution in [-0.4, -0.2) is 54.9 Å². The third-order valence-electron chi connectivity index (χ3n) is 7.23. The van der Waals surface area contributed by atoms with Gasteiger partial charge in [0, 0.05) is 24.3 Å². The molecule has 1 aromatic carbocycles. The average molecular weight is 556 g/mol. The molecular weight excluding hydrogens is 519 g/mol. The van der Waals surface area contributed by atoms with Crippen molar-refractivity contribution in [1.82, 2.24) is 13.6 Å². The van der Waals surface area contributed by atoms with Crippen LogP contribution in [0.3, 0.4) is 0 Å². The van der Waals surface area contributed by atoms with Gasteiger partial charge in [0.1, 0.15) is 0 Å². The van der Waals surface area contributed by atoms with E-state index in [1.54, 1.807) is 26.8 Å². The van der Waals surface area contributed by atoms with Crippen molar-refractivity contribution in [1.29, 1.82) is 0 Å². The molecule has 4 rings (SSSR count). The Balaban J connectivity index is 1.94. The summed E-state index contributed by atoms with van der Waals surface area (Å²) in [5.74, 6) is -0.250. The molecule has 0 saturated carbocycles. The molecule has 2 fully saturated rings. The molecule has 38 heavy (non-hydrogen) atoms. The van der Waals surface area contributed by atoms with Crippen LogP contribution in [0.5, 0.6) is 0 Å². The van der Waals surface area contributed by atoms with Crippen molar-refractivity contribution in [3.8, 4) is 11.3 Å². The molecule has 11 heteroatoms. The number of ether oxygens (including phenoxy) is 1. The summed E-state index contributed by atoms with van der Waals surface area (Å²) in [6.45, 7) is 12.1. The summed E-state index contributed by atoms with van der Waals surface area (Å²) in [5, 5.41) is 2.82. The van der Waals surface area contributed by atoms with Crippen molar-refractivity contribution < 1.29 is 31.1 Å². The first-order valence-corrected chi connectivity index (χ1v) is 14.2. The topological polar surface area (TPSA) is 80.6 Å². The summed E-state index contributed by atoms with van der Waals surface area (Å²) in [6, 6.07) is 4.82. The highest BCUT2D eigenvalue weighted by Gasteiger charge is 2.37. The van der Waals surface area contributed by atoms with E-state index >= 15 is 0 Å². The molecule has 2 unspecified atom stereocenters. The van der Waals surface area contributed by atoms with Crippen LogP contribution in [-0.2, 0) is 26.5 Å². The smallest absolute Gasteiger partial charge is 0.377 e. The van der Waals surface area contributed by atoms with Crippen LogP contribution < -0.4 is 5.32 Å². The molecular formula is C27H36F3N3O4S. The van der Waals surface area contributed by atoms with E-state index in [4.69, 9.17) is 4.74 Å². The Labute approximate surface area is 222 Å². The van der Waals surface area contributed by atoms with E-state index in [0.29, 0.717) is 31.9 Å². The van der Waals surface area contributed by atoms with Gasteiger partial charge < -0.3 is 10.1 Å². The number of piperidine rings is 1. The zero-order valence-corrected chi connectivity index (χ0v) is 23.5. The van der Waals surface area contributed by atoms with Crippen LogP contribution in [0, 0.1) is 18.8 Å². The van der Waals surface area contributed by atoms with E-state index in [0.717, 1.165) is 22.5 Å².